The quantitative estimate of drug-likeness (QED) is 0.534. The van der Waals surface area contributed by atoms with E-state index in [1.807, 2.05) is 38.1 Å². The van der Waals surface area contributed by atoms with Crippen LogP contribution in [0.4, 0.5) is 15.9 Å². The van der Waals surface area contributed by atoms with E-state index in [1.165, 1.54) is 6.07 Å². The summed E-state index contributed by atoms with van der Waals surface area (Å²) in [7, 11) is 0. The lowest BCUT2D eigenvalue weighted by atomic mass is 10.1. The lowest BCUT2D eigenvalue weighted by Gasteiger charge is -2.07. The van der Waals surface area contributed by atoms with E-state index in [1.54, 1.807) is 36.4 Å². The second kappa shape index (κ2) is 7.67. The molecule has 4 aromatic rings. The van der Waals surface area contributed by atoms with E-state index in [4.69, 9.17) is 4.42 Å². The highest BCUT2D eigenvalue weighted by atomic mass is 19.1. The Hall–Kier alpha value is -3.80. The van der Waals surface area contributed by atoms with Gasteiger partial charge in [-0.2, -0.15) is 0 Å². The van der Waals surface area contributed by atoms with Gasteiger partial charge in [-0.05, 0) is 55.8 Å². The molecule has 29 heavy (non-hydrogen) atoms. The minimum Gasteiger partial charge on any atom is -0.438 e. The van der Waals surface area contributed by atoms with E-state index >= 15 is 0 Å². The summed E-state index contributed by atoms with van der Waals surface area (Å²) in [5, 5.41) is 3.49. The molecule has 2 aromatic heterocycles. The number of pyridine rings is 1. The van der Waals surface area contributed by atoms with E-state index in [0.717, 1.165) is 16.6 Å². The molecule has 0 aliphatic heterocycles. The number of aryl methyl sites for hydroxylation is 2. The molecule has 2 aromatic carbocycles. The summed E-state index contributed by atoms with van der Waals surface area (Å²) in [5.41, 5.74) is 2.49. The van der Waals surface area contributed by atoms with Crippen molar-refractivity contribution >= 4 is 28.4 Å². The average Bonchev–Trinajstić information content (AvgIpc) is 2.70. The number of benzene rings is 2. The van der Waals surface area contributed by atoms with Crippen molar-refractivity contribution in [3.05, 3.63) is 94.9 Å². The zero-order valence-electron chi connectivity index (χ0n) is 15.9. The van der Waals surface area contributed by atoms with Crippen LogP contribution in [-0.4, -0.2) is 10.9 Å². The lowest BCUT2D eigenvalue weighted by Crippen LogP contribution is -2.22. The maximum absolute atomic E-state index is 14.2. The van der Waals surface area contributed by atoms with Crippen LogP contribution >= 0.6 is 0 Å². The molecule has 0 fully saturated rings. The van der Waals surface area contributed by atoms with Crippen LogP contribution in [0.15, 0.2) is 76.1 Å². The highest BCUT2D eigenvalue weighted by Crippen LogP contribution is 2.20. The normalized spacial score (nSPS) is 11.6. The van der Waals surface area contributed by atoms with Crippen LogP contribution in [0.5, 0.6) is 0 Å². The van der Waals surface area contributed by atoms with Crippen molar-refractivity contribution in [3.8, 4) is 0 Å². The monoisotopic (exact) mass is 387 g/mol. The number of nitrogens with zero attached hydrogens (tertiary/aromatic N) is 2. The van der Waals surface area contributed by atoms with Gasteiger partial charge in [0.25, 0.3) is 5.91 Å². The van der Waals surface area contributed by atoms with Crippen molar-refractivity contribution in [1.29, 1.82) is 0 Å². The topological polar surface area (TPSA) is 67.5 Å². The molecule has 0 bridgehead atoms. The lowest BCUT2D eigenvalue weighted by molar-refractivity contribution is 0.102. The largest absolute Gasteiger partial charge is 0.438 e. The summed E-state index contributed by atoms with van der Waals surface area (Å²) < 4.78 is 20.1. The maximum atomic E-state index is 14.2. The molecule has 0 radical (unpaired) electrons. The van der Waals surface area contributed by atoms with Gasteiger partial charge in [0, 0.05) is 11.1 Å². The Balaban J connectivity index is 1.87. The predicted molar refractivity (Wildman–Crippen MR) is 110 cm³/mol. The minimum absolute atomic E-state index is 0.0263. The fourth-order valence-corrected chi connectivity index (χ4v) is 2.93. The highest BCUT2D eigenvalue weighted by Gasteiger charge is 2.14. The standard InChI is InChI=1S/C23H18FN3O2/c1-14-10-11-18(24)19(12-14)26-23-17(13-16-7-3-4-8-20(16)29-23)22(28)27-21-9-5-6-15(2)25-21/h3-13H,1-2H3,(H,25,27,28). The predicted octanol–water partition coefficient (Wildman–Crippen LogP) is 5.07. The van der Waals surface area contributed by atoms with Gasteiger partial charge in [-0.25, -0.2) is 14.4 Å². The number of hydrogen-bond donors (Lipinski definition) is 1. The van der Waals surface area contributed by atoms with E-state index in [2.05, 4.69) is 15.3 Å². The Morgan fingerprint density at radius 3 is 2.69 bits per heavy atom. The highest BCUT2D eigenvalue weighted by molar-refractivity contribution is 6.04. The van der Waals surface area contributed by atoms with Crippen LogP contribution in [0.1, 0.15) is 21.6 Å². The summed E-state index contributed by atoms with van der Waals surface area (Å²) in [4.78, 5) is 21.6. The molecule has 0 unspecified atom stereocenters. The SMILES string of the molecule is Cc1ccc(F)c(N=c2oc3ccccc3cc2C(=O)Nc2cccc(C)n2)c1. The molecular formula is C23H18FN3O2. The second-order valence-electron chi connectivity index (χ2n) is 6.69. The molecule has 0 atom stereocenters. The molecule has 2 heterocycles. The second-order valence-corrected chi connectivity index (χ2v) is 6.69. The van der Waals surface area contributed by atoms with Gasteiger partial charge in [0.05, 0.1) is 0 Å². The summed E-state index contributed by atoms with van der Waals surface area (Å²) in [6.45, 7) is 3.68. The number of aromatic nitrogens is 1. The van der Waals surface area contributed by atoms with Crippen molar-refractivity contribution in [3.63, 3.8) is 0 Å². The molecule has 0 aliphatic rings. The van der Waals surface area contributed by atoms with Crippen molar-refractivity contribution in [2.24, 2.45) is 4.99 Å². The zero-order chi connectivity index (χ0) is 20.4. The van der Waals surface area contributed by atoms with Crippen molar-refractivity contribution in [2.75, 3.05) is 5.32 Å². The van der Waals surface area contributed by atoms with Gasteiger partial charge >= 0.3 is 0 Å². The van der Waals surface area contributed by atoms with Gasteiger partial charge in [-0.3, -0.25) is 4.79 Å². The molecule has 144 valence electrons. The number of halogens is 1. The smallest absolute Gasteiger partial charge is 0.262 e. The van der Waals surface area contributed by atoms with Gasteiger partial charge < -0.3 is 9.73 Å². The van der Waals surface area contributed by atoms with Gasteiger partial charge in [0.2, 0.25) is 5.55 Å². The Kier molecular flexibility index (Phi) is 4.91. The Morgan fingerprint density at radius 1 is 1.03 bits per heavy atom. The maximum Gasteiger partial charge on any atom is 0.262 e. The zero-order valence-corrected chi connectivity index (χ0v) is 15.9. The molecule has 5 nitrogen and oxygen atoms in total. The van der Waals surface area contributed by atoms with E-state index in [0.29, 0.717) is 11.4 Å². The molecular weight excluding hydrogens is 369 g/mol. The summed E-state index contributed by atoms with van der Waals surface area (Å²) in [6.07, 6.45) is 0. The summed E-state index contributed by atoms with van der Waals surface area (Å²) in [5.74, 6) is -0.522. The number of carbonyl (C=O) groups is 1. The van der Waals surface area contributed by atoms with E-state index in [9.17, 15) is 9.18 Å². The molecule has 1 amide bonds. The van der Waals surface area contributed by atoms with Crippen LogP contribution in [0.3, 0.4) is 0 Å². The summed E-state index contributed by atoms with van der Waals surface area (Å²) >= 11 is 0. The van der Waals surface area contributed by atoms with Crippen LogP contribution in [-0.2, 0) is 0 Å². The van der Waals surface area contributed by atoms with Crippen LogP contribution in [0, 0.1) is 19.7 Å². The van der Waals surface area contributed by atoms with Crippen molar-refractivity contribution < 1.29 is 13.6 Å². The molecule has 1 N–H and O–H groups in total. The van der Waals surface area contributed by atoms with Gasteiger partial charge in [-0.1, -0.05) is 30.3 Å². The Bertz CT molecular complexity index is 1290. The Labute approximate surface area is 166 Å². The van der Waals surface area contributed by atoms with E-state index < -0.39 is 11.7 Å². The number of carbonyl (C=O) groups excluding carboxylic acids is 1. The van der Waals surface area contributed by atoms with Gasteiger partial charge in [0.1, 0.15) is 28.5 Å². The fraction of sp³-hybridized carbons (Fsp3) is 0.0870. The Morgan fingerprint density at radius 2 is 1.86 bits per heavy atom. The molecule has 4 rings (SSSR count). The summed E-state index contributed by atoms with van der Waals surface area (Å²) in [6, 6.07) is 18.9. The fourth-order valence-electron chi connectivity index (χ4n) is 2.93. The number of hydrogen-bond acceptors (Lipinski definition) is 4. The number of nitrogens with one attached hydrogen (secondary N) is 1. The van der Waals surface area contributed by atoms with Gasteiger partial charge in [-0.15, -0.1) is 0 Å². The number of anilines is 1. The third-order valence-corrected chi connectivity index (χ3v) is 4.35. The van der Waals surface area contributed by atoms with E-state index in [-0.39, 0.29) is 16.8 Å². The number of rotatable bonds is 3. The molecule has 0 saturated carbocycles. The first kappa shape index (κ1) is 18.6. The number of amides is 1. The molecule has 0 aliphatic carbocycles. The minimum atomic E-state index is -0.495. The van der Waals surface area contributed by atoms with Crippen LogP contribution < -0.4 is 10.9 Å². The third-order valence-electron chi connectivity index (χ3n) is 4.35. The van der Waals surface area contributed by atoms with Crippen molar-refractivity contribution in [2.45, 2.75) is 13.8 Å². The first-order chi connectivity index (χ1) is 14.0. The number of para-hydroxylation sites is 1. The first-order valence-electron chi connectivity index (χ1n) is 9.08. The van der Waals surface area contributed by atoms with Crippen LogP contribution in [0.2, 0.25) is 0 Å². The first-order valence-corrected chi connectivity index (χ1v) is 9.08. The van der Waals surface area contributed by atoms with Crippen LogP contribution in [0.25, 0.3) is 11.0 Å². The molecule has 0 spiro atoms. The van der Waals surface area contributed by atoms with Crippen molar-refractivity contribution in [1.82, 2.24) is 4.98 Å². The average molecular weight is 387 g/mol. The third kappa shape index (κ3) is 4.06. The molecule has 0 saturated heterocycles. The van der Waals surface area contributed by atoms with Gasteiger partial charge in [0.15, 0.2) is 0 Å². The molecule has 6 heteroatoms. The number of fused-ring (bicyclic) bond motifs is 1.